The Morgan fingerprint density at radius 2 is 2.06 bits per heavy atom. The number of carbonyl (C=O) groups excluding carboxylic acids is 4. The molecule has 1 aliphatic rings. The number of nitrogens with one attached hydrogen (secondary N) is 2. The maximum Gasteiger partial charge on any atom is 0.331 e. The molecule has 0 spiro atoms. The monoisotopic (exact) mass is 227 g/mol. The van der Waals surface area contributed by atoms with E-state index in [1.807, 2.05) is 12.2 Å². The van der Waals surface area contributed by atoms with Crippen LogP contribution in [0.15, 0.2) is 0 Å². The third-order valence-electron chi connectivity index (χ3n) is 2.04. The van der Waals surface area contributed by atoms with Gasteiger partial charge in [0.2, 0.25) is 5.91 Å². The summed E-state index contributed by atoms with van der Waals surface area (Å²) in [6, 6.07) is -0.765. The van der Waals surface area contributed by atoms with E-state index in [0.717, 1.165) is 11.3 Å². The highest BCUT2D eigenvalue weighted by Gasteiger charge is 2.36. The number of urea groups is 1. The topological polar surface area (TPSA) is 95.6 Å². The average Bonchev–Trinajstić information content (AvgIpc) is 2.48. The van der Waals surface area contributed by atoms with Crippen LogP contribution in [-0.4, -0.2) is 41.7 Å². The molecule has 2 N–H and O–H groups in total. The van der Waals surface area contributed by atoms with E-state index in [2.05, 4.69) is 5.32 Å². The second-order valence-corrected chi connectivity index (χ2v) is 3.32. The van der Waals surface area contributed by atoms with Crippen LogP contribution in [0.25, 0.3) is 0 Å². The highest BCUT2D eigenvalue weighted by molar-refractivity contribution is 6.44. The van der Waals surface area contributed by atoms with Gasteiger partial charge in [0.15, 0.2) is 0 Å². The molecule has 1 rings (SSSR count). The second-order valence-electron chi connectivity index (χ2n) is 3.32. The Balaban J connectivity index is 2.38. The van der Waals surface area contributed by atoms with Gasteiger partial charge in [0, 0.05) is 19.5 Å². The summed E-state index contributed by atoms with van der Waals surface area (Å²) in [7, 11) is 0. The van der Waals surface area contributed by atoms with Gasteiger partial charge in [0.25, 0.3) is 0 Å². The van der Waals surface area contributed by atoms with Gasteiger partial charge in [0.05, 0.1) is 0 Å². The van der Waals surface area contributed by atoms with Gasteiger partial charge in [0.1, 0.15) is 0 Å². The van der Waals surface area contributed by atoms with Crippen LogP contribution in [0.1, 0.15) is 19.8 Å². The fourth-order valence-electron chi connectivity index (χ4n) is 1.20. The molecule has 0 aromatic heterocycles. The zero-order chi connectivity index (χ0) is 12.1. The van der Waals surface area contributed by atoms with E-state index in [4.69, 9.17) is 0 Å². The maximum absolute atomic E-state index is 11.2. The van der Waals surface area contributed by atoms with E-state index in [0.29, 0.717) is 6.54 Å². The molecule has 88 valence electrons. The number of hydrogen-bond acceptors (Lipinski definition) is 4. The van der Waals surface area contributed by atoms with Crippen LogP contribution in [0.5, 0.6) is 0 Å². The summed E-state index contributed by atoms with van der Waals surface area (Å²) in [4.78, 5) is 44.9. The minimum atomic E-state index is -0.945. The highest BCUT2D eigenvalue weighted by atomic mass is 16.2. The van der Waals surface area contributed by atoms with Crippen molar-refractivity contribution >= 4 is 23.8 Å². The Labute approximate surface area is 92.2 Å². The molecule has 1 fully saturated rings. The Kier molecular flexibility index (Phi) is 3.98. The Morgan fingerprint density at radius 3 is 2.56 bits per heavy atom. The van der Waals surface area contributed by atoms with Crippen molar-refractivity contribution in [2.45, 2.75) is 19.8 Å². The van der Waals surface area contributed by atoms with Crippen molar-refractivity contribution in [3.8, 4) is 0 Å². The normalized spacial score (nSPS) is 15.3. The summed E-state index contributed by atoms with van der Waals surface area (Å²) in [5.74, 6) is -2.10. The van der Waals surface area contributed by atoms with Crippen molar-refractivity contribution in [3.63, 3.8) is 0 Å². The Morgan fingerprint density at radius 1 is 1.38 bits per heavy atom. The lowest BCUT2D eigenvalue weighted by Crippen LogP contribution is -2.35. The third-order valence-corrected chi connectivity index (χ3v) is 2.04. The van der Waals surface area contributed by atoms with Crippen molar-refractivity contribution < 1.29 is 19.2 Å². The van der Waals surface area contributed by atoms with Gasteiger partial charge in [-0.3, -0.25) is 24.6 Å². The summed E-state index contributed by atoms with van der Waals surface area (Å²) >= 11 is 0. The van der Waals surface area contributed by atoms with Crippen LogP contribution in [-0.2, 0) is 14.4 Å². The largest absolute Gasteiger partial charge is 0.356 e. The van der Waals surface area contributed by atoms with Crippen molar-refractivity contribution in [2.75, 3.05) is 13.1 Å². The highest BCUT2D eigenvalue weighted by Crippen LogP contribution is 2.01. The zero-order valence-corrected chi connectivity index (χ0v) is 8.91. The minimum Gasteiger partial charge on any atom is -0.356 e. The third kappa shape index (κ3) is 2.78. The molecule has 0 atom stereocenters. The molecule has 0 bridgehead atoms. The van der Waals surface area contributed by atoms with Gasteiger partial charge in [-0.25, -0.2) is 4.79 Å². The molecule has 5 amide bonds. The lowest BCUT2D eigenvalue weighted by Gasteiger charge is -2.10. The Bertz CT molecular complexity index is 340. The van der Waals surface area contributed by atoms with E-state index in [-0.39, 0.29) is 18.9 Å². The molecule has 0 aromatic rings. The summed E-state index contributed by atoms with van der Waals surface area (Å²) in [5.41, 5.74) is 0. The molecule has 1 heterocycles. The first-order chi connectivity index (χ1) is 7.56. The molecule has 1 saturated heterocycles. The molecule has 0 radical (unpaired) electrons. The van der Waals surface area contributed by atoms with Crippen LogP contribution < -0.4 is 10.6 Å². The van der Waals surface area contributed by atoms with Crippen molar-refractivity contribution in [3.05, 3.63) is 0 Å². The summed E-state index contributed by atoms with van der Waals surface area (Å²) in [6.07, 6.45) is 0.819. The molecule has 0 aromatic carbocycles. The number of nitrogens with zero attached hydrogens (tertiary/aromatic N) is 1. The first kappa shape index (κ1) is 12.2. The van der Waals surface area contributed by atoms with Gasteiger partial charge in [-0.2, -0.15) is 0 Å². The lowest BCUT2D eigenvalue weighted by molar-refractivity contribution is -0.140. The fraction of sp³-hybridized carbons (Fsp3) is 0.556. The lowest BCUT2D eigenvalue weighted by atomic mass is 10.3. The SMILES string of the molecule is CCCNC(=O)CCN1C(=O)NC(=O)C1=O. The zero-order valence-electron chi connectivity index (χ0n) is 8.91. The van der Waals surface area contributed by atoms with Gasteiger partial charge < -0.3 is 5.32 Å². The minimum absolute atomic E-state index is 0.00639. The second kappa shape index (κ2) is 5.24. The van der Waals surface area contributed by atoms with Gasteiger partial charge >= 0.3 is 17.8 Å². The summed E-state index contributed by atoms with van der Waals surface area (Å²) in [6.45, 7) is 2.39. The molecule has 16 heavy (non-hydrogen) atoms. The first-order valence-electron chi connectivity index (χ1n) is 4.99. The van der Waals surface area contributed by atoms with Gasteiger partial charge in [-0.15, -0.1) is 0 Å². The standard InChI is InChI=1S/C9H13N3O4/c1-2-4-10-6(13)3-5-12-8(15)7(14)11-9(12)16/h2-5H2,1H3,(H,10,13)(H,11,14,16). The van der Waals surface area contributed by atoms with Crippen LogP contribution >= 0.6 is 0 Å². The summed E-state index contributed by atoms with van der Waals surface area (Å²) < 4.78 is 0. The number of rotatable bonds is 5. The molecular formula is C9H13N3O4. The van der Waals surface area contributed by atoms with Crippen molar-refractivity contribution in [1.82, 2.24) is 15.5 Å². The maximum atomic E-state index is 11.2. The quantitative estimate of drug-likeness (QED) is 0.464. The molecule has 0 saturated carbocycles. The van der Waals surface area contributed by atoms with Crippen LogP contribution in [0.3, 0.4) is 0 Å². The van der Waals surface area contributed by atoms with E-state index >= 15 is 0 Å². The predicted octanol–water partition coefficient (Wildman–Crippen LogP) is -1.02. The van der Waals surface area contributed by atoms with E-state index < -0.39 is 17.8 Å². The van der Waals surface area contributed by atoms with E-state index in [1.54, 1.807) is 0 Å². The smallest absolute Gasteiger partial charge is 0.331 e. The molecule has 0 aliphatic carbocycles. The van der Waals surface area contributed by atoms with Gasteiger partial charge in [-0.1, -0.05) is 6.92 Å². The van der Waals surface area contributed by atoms with Crippen molar-refractivity contribution in [2.24, 2.45) is 0 Å². The summed E-state index contributed by atoms with van der Waals surface area (Å²) in [5, 5.41) is 4.45. The number of hydrogen-bond donors (Lipinski definition) is 2. The molecule has 7 nitrogen and oxygen atoms in total. The van der Waals surface area contributed by atoms with Crippen LogP contribution in [0.4, 0.5) is 4.79 Å². The number of imide groups is 2. The molecule has 0 unspecified atom stereocenters. The van der Waals surface area contributed by atoms with Crippen LogP contribution in [0, 0.1) is 0 Å². The number of amides is 5. The molecule has 7 heteroatoms. The first-order valence-corrected chi connectivity index (χ1v) is 4.99. The van der Waals surface area contributed by atoms with Crippen molar-refractivity contribution in [1.29, 1.82) is 0 Å². The predicted molar refractivity (Wildman–Crippen MR) is 53.2 cm³/mol. The average molecular weight is 227 g/mol. The van der Waals surface area contributed by atoms with E-state index in [9.17, 15) is 19.2 Å². The van der Waals surface area contributed by atoms with Crippen LogP contribution in [0.2, 0.25) is 0 Å². The number of carbonyl (C=O) groups is 4. The molecular weight excluding hydrogens is 214 g/mol. The molecule has 1 aliphatic heterocycles. The van der Waals surface area contributed by atoms with E-state index in [1.165, 1.54) is 0 Å². The fourth-order valence-corrected chi connectivity index (χ4v) is 1.20. The van der Waals surface area contributed by atoms with Gasteiger partial charge in [-0.05, 0) is 6.42 Å². The Hall–Kier alpha value is -1.92.